The number of hydrogen-bond acceptors (Lipinski definition) is 2. The van der Waals surface area contributed by atoms with Crippen LogP contribution in [0.3, 0.4) is 0 Å². The summed E-state index contributed by atoms with van der Waals surface area (Å²) in [6, 6.07) is 19.5. The molecule has 2 aromatic carbocycles. The number of aliphatic hydroxyl groups excluding tert-OH is 1. The smallest absolute Gasteiger partial charge is 0.0914 e. The fraction of sp³-hybridized carbons (Fsp3) is 0.176. The first-order valence-electron chi connectivity index (χ1n) is 6.34. The van der Waals surface area contributed by atoms with Crippen LogP contribution in [0.4, 0.5) is 0 Å². The van der Waals surface area contributed by atoms with Crippen LogP contribution in [-0.4, -0.2) is 18.2 Å². The average Bonchev–Trinajstić information content (AvgIpc) is 2.49. The van der Waals surface area contributed by atoms with E-state index in [1.165, 1.54) is 0 Å². The van der Waals surface area contributed by atoms with Gasteiger partial charge in [-0.25, -0.2) is 0 Å². The normalized spacial score (nSPS) is 10.8. The number of aliphatic hydroxyl groups is 1. The van der Waals surface area contributed by atoms with Crippen LogP contribution in [0.25, 0.3) is 0 Å². The van der Waals surface area contributed by atoms with Crippen molar-refractivity contribution in [2.45, 2.75) is 6.10 Å². The average molecular weight is 288 g/mol. The zero-order valence-electron chi connectivity index (χ0n) is 11.1. The van der Waals surface area contributed by atoms with Crippen molar-refractivity contribution in [1.29, 1.82) is 0 Å². The SMILES string of the molecule is Cl.OC(CNCC#Cc1ccccc1)c1ccccc1. The van der Waals surface area contributed by atoms with Gasteiger partial charge in [-0.15, -0.1) is 12.4 Å². The molecule has 0 radical (unpaired) electrons. The minimum Gasteiger partial charge on any atom is -0.387 e. The first-order chi connectivity index (χ1) is 9.36. The van der Waals surface area contributed by atoms with Gasteiger partial charge in [0.15, 0.2) is 0 Å². The van der Waals surface area contributed by atoms with Gasteiger partial charge in [-0.05, 0) is 17.7 Å². The van der Waals surface area contributed by atoms with Gasteiger partial charge in [-0.3, -0.25) is 0 Å². The molecule has 0 saturated heterocycles. The Morgan fingerprint density at radius 1 is 0.950 bits per heavy atom. The van der Waals surface area contributed by atoms with Crippen LogP contribution in [0.2, 0.25) is 0 Å². The van der Waals surface area contributed by atoms with Crippen molar-refractivity contribution >= 4 is 12.4 Å². The molecule has 104 valence electrons. The lowest BCUT2D eigenvalue weighted by Gasteiger charge is -2.10. The molecule has 0 amide bonds. The van der Waals surface area contributed by atoms with Crippen LogP contribution in [0, 0.1) is 11.8 Å². The highest BCUT2D eigenvalue weighted by Gasteiger charge is 2.04. The summed E-state index contributed by atoms with van der Waals surface area (Å²) < 4.78 is 0. The molecular formula is C17H18ClNO. The summed E-state index contributed by atoms with van der Waals surface area (Å²) in [5.41, 5.74) is 1.93. The van der Waals surface area contributed by atoms with E-state index in [-0.39, 0.29) is 12.4 Å². The lowest BCUT2D eigenvalue weighted by atomic mass is 10.1. The van der Waals surface area contributed by atoms with Gasteiger partial charge in [-0.1, -0.05) is 60.4 Å². The van der Waals surface area contributed by atoms with E-state index < -0.39 is 6.10 Å². The van der Waals surface area contributed by atoms with E-state index >= 15 is 0 Å². The van der Waals surface area contributed by atoms with Gasteiger partial charge in [0.05, 0.1) is 12.6 Å². The second-order valence-electron chi connectivity index (χ2n) is 4.23. The van der Waals surface area contributed by atoms with Crippen LogP contribution in [0.1, 0.15) is 17.2 Å². The Labute approximate surface area is 126 Å². The standard InChI is InChI=1S/C17H17NO.ClH/c19-17(16-11-5-2-6-12-16)14-18-13-7-10-15-8-3-1-4-9-15;/h1-6,8-9,11-12,17-19H,13-14H2;1H. The van der Waals surface area contributed by atoms with E-state index in [2.05, 4.69) is 17.2 Å². The monoisotopic (exact) mass is 287 g/mol. The van der Waals surface area contributed by atoms with E-state index in [1.54, 1.807) is 0 Å². The molecule has 0 saturated carbocycles. The van der Waals surface area contributed by atoms with Crippen molar-refractivity contribution in [1.82, 2.24) is 5.32 Å². The van der Waals surface area contributed by atoms with Gasteiger partial charge in [-0.2, -0.15) is 0 Å². The number of hydrogen-bond donors (Lipinski definition) is 2. The lowest BCUT2D eigenvalue weighted by Crippen LogP contribution is -2.21. The summed E-state index contributed by atoms with van der Waals surface area (Å²) in [6.45, 7) is 1.08. The van der Waals surface area contributed by atoms with Crippen LogP contribution >= 0.6 is 12.4 Å². The third-order valence-electron chi connectivity index (χ3n) is 2.74. The molecule has 0 fully saturated rings. The molecular weight excluding hydrogens is 270 g/mol. The maximum Gasteiger partial charge on any atom is 0.0914 e. The first kappa shape index (κ1) is 16.3. The maximum absolute atomic E-state index is 9.93. The second-order valence-corrected chi connectivity index (χ2v) is 4.23. The van der Waals surface area contributed by atoms with Crippen molar-refractivity contribution in [2.24, 2.45) is 0 Å². The number of benzene rings is 2. The van der Waals surface area contributed by atoms with Gasteiger partial charge in [0.1, 0.15) is 0 Å². The Balaban J connectivity index is 0.00000200. The van der Waals surface area contributed by atoms with E-state index in [9.17, 15) is 5.11 Å². The molecule has 0 aliphatic rings. The molecule has 2 rings (SSSR count). The molecule has 2 aromatic rings. The first-order valence-corrected chi connectivity index (χ1v) is 6.34. The summed E-state index contributed by atoms with van der Waals surface area (Å²) in [5, 5.41) is 13.1. The number of nitrogens with one attached hydrogen (secondary N) is 1. The topological polar surface area (TPSA) is 32.3 Å². The predicted molar refractivity (Wildman–Crippen MR) is 84.8 cm³/mol. The largest absolute Gasteiger partial charge is 0.387 e. The fourth-order valence-corrected chi connectivity index (χ4v) is 1.73. The van der Waals surface area contributed by atoms with Crippen LogP contribution in [0.15, 0.2) is 60.7 Å². The second kappa shape index (κ2) is 9.17. The Kier molecular flexibility index (Phi) is 7.46. The van der Waals surface area contributed by atoms with Crippen LogP contribution in [-0.2, 0) is 0 Å². The highest BCUT2D eigenvalue weighted by molar-refractivity contribution is 5.85. The minimum absolute atomic E-state index is 0. The third-order valence-corrected chi connectivity index (χ3v) is 2.74. The third kappa shape index (κ3) is 5.46. The molecule has 2 nitrogen and oxygen atoms in total. The molecule has 1 unspecified atom stereocenters. The summed E-state index contributed by atoms with van der Waals surface area (Å²) in [5.74, 6) is 6.10. The summed E-state index contributed by atoms with van der Waals surface area (Å²) in [7, 11) is 0. The number of rotatable bonds is 4. The maximum atomic E-state index is 9.93. The summed E-state index contributed by atoms with van der Waals surface area (Å²) in [6.07, 6.45) is -0.486. The highest BCUT2D eigenvalue weighted by Crippen LogP contribution is 2.10. The quantitative estimate of drug-likeness (QED) is 0.669. The molecule has 0 aromatic heterocycles. The van der Waals surface area contributed by atoms with Gasteiger partial charge in [0.2, 0.25) is 0 Å². The molecule has 0 aliphatic heterocycles. The molecule has 3 heteroatoms. The van der Waals surface area contributed by atoms with Crippen LogP contribution in [0.5, 0.6) is 0 Å². The van der Waals surface area contributed by atoms with Crippen molar-refractivity contribution in [3.63, 3.8) is 0 Å². The minimum atomic E-state index is -0.486. The van der Waals surface area contributed by atoms with Crippen molar-refractivity contribution < 1.29 is 5.11 Å². The van der Waals surface area contributed by atoms with Gasteiger partial charge < -0.3 is 10.4 Å². The summed E-state index contributed by atoms with van der Waals surface area (Å²) in [4.78, 5) is 0. The molecule has 0 heterocycles. The van der Waals surface area contributed by atoms with E-state index in [0.717, 1.165) is 11.1 Å². The van der Waals surface area contributed by atoms with E-state index in [4.69, 9.17) is 0 Å². The highest BCUT2D eigenvalue weighted by atomic mass is 35.5. The molecule has 0 aliphatic carbocycles. The number of halogens is 1. The van der Waals surface area contributed by atoms with Crippen molar-refractivity contribution in [3.8, 4) is 11.8 Å². The Hall–Kier alpha value is -1.79. The van der Waals surface area contributed by atoms with Crippen molar-refractivity contribution in [2.75, 3.05) is 13.1 Å². The Bertz CT molecular complexity index is 545. The lowest BCUT2D eigenvalue weighted by molar-refractivity contribution is 0.176. The Morgan fingerprint density at radius 3 is 2.20 bits per heavy atom. The molecule has 0 spiro atoms. The molecule has 1 atom stereocenters. The predicted octanol–water partition coefficient (Wildman–Crippen LogP) is 2.78. The zero-order chi connectivity index (χ0) is 13.3. The van der Waals surface area contributed by atoms with Gasteiger partial charge >= 0.3 is 0 Å². The van der Waals surface area contributed by atoms with Gasteiger partial charge in [0, 0.05) is 12.1 Å². The van der Waals surface area contributed by atoms with E-state index in [0.29, 0.717) is 13.1 Å². The van der Waals surface area contributed by atoms with Gasteiger partial charge in [0.25, 0.3) is 0 Å². The fourth-order valence-electron chi connectivity index (χ4n) is 1.73. The van der Waals surface area contributed by atoms with E-state index in [1.807, 2.05) is 60.7 Å². The van der Waals surface area contributed by atoms with Crippen molar-refractivity contribution in [3.05, 3.63) is 71.8 Å². The van der Waals surface area contributed by atoms with Crippen LogP contribution < -0.4 is 5.32 Å². The molecule has 2 N–H and O–H groups in total. The Morgan fingerprint density at radius 2 is 1.55 bits per heavy atom. The molecule has 20 heavy (non-hydrogen) atoms. The zero-order valence-corrected chi connectivity index (χ0v) is 11.9. The summed E-state index contributed by atoms with van der Waals surface area (Å²) >= 11 is 0. The molecule has 0 bridgehead atoms.